The van der Waals surface area contributed by atoms with Crippen LogP contribution in [-0.2, 0) is 9.53 Å². The minimum atomic E-state index is -0.325. The summed E-state index contributed by atoms with van der Waals surface area (Å²) < 4.78 is 5.34. The second-order valence-electron chi connectivity index (χ2n) is 4.69. The van der Waals surface area contributed by atoms with Crippen LogP contribution in [0.2, 0.25) is 0 Å². The number of rotatable bonds is 7. The molecular weight excluding hydrogens is 188 g/mol. The number of carbonyl (C=O) groups excluding carboxylic acids is 1. The molecule has 0 aromatic rings. The average molecular weight is 212 g/mol. The van der Waals surface area contributed by atoms with Gasteiger partial charge in [-0.15, -0.1) is 6.58 Å². The Bertz CT molecular complexity index is 207. The second-order valence-corrected chi connectivity index (χ2v) is 4.69. The fourth-order valence-corrected chi connectivity index (χ4v) is 1.40. The van der Waals surface area contributed by atoms with E-state index in [9.17, 15) is 4.79 Å². The van der Waals surface area contributed by atoms with E-state index in [1.54, 1.807) is 0 Å². The summed E-state index contributed by atoms with van der Waals surface area (Å²) in [4.78, 5) is 11.1. The molecule has 0 saturated carbocycles. The van der Waals surface area contributed by atoms with E-state index in [1.165, 1.54) is 0 Å². The molecule has 0 aliphatic carbocycles. The molecule has 1 unspecified atom stereocenters. The highest BCUT2D eigenvalue weighted by atomic mass is 16.6. The summed E-state index contributed by atoms with van der Waals surface area (Å²) in [6, 6.07) is 0. The van der Waals surface area contributed by atoms with Crippen LogP contribution in [0, 0.1) is 5.92 Å². The summed E-state index contributed by atoms with van der Waals surface area (Å²) in [6.45, 7) is 11.7. The molecule has 15 heavy (non-hydrogen) atoms. The summed E-state index contributed by atoms with van der Waals surface area (Å²) in [7, 11) is 0. The van der Waals surface area contributed by atoms with Gasteiger partial charge in [0.1, 0.15) is 5.60 Å². The lowest BCUT2D eigenvalue weighted by Gasteiger charge is -2.25. The average Bonchev–Trinajstić information content (AvgIpc) is 2.16. The third-order valence-corrected chi connectivity index (χ3v) is 2.52. The van der Waals surface area contributed by atoms with Gasteiger partial charge >= 0.3 is 5.97 Å². The highest BCUT2D eigenvalue weighted by Gasteiger charge is 2.21. The zero-order chi connectivity index (χ0) is 11.9. The third kappa shape index (κ3) is 7.18. The maximum atomic E-state index is 11.1. The molecule has 0 aromatic heterocycles. The van der Waals surface area contributed by atoms with Crippen molar-refractivity contribution in [3.8, 4) is 0 Å². The highest BCUT2D eigenvalue weighted by molar-refractivity contribution is 5.69. The molecule has 0 aliphatic rings. The molecule has 1 atom stereocenters. The van der Waals surface area contributed by atoms with E-state index in [1.807, 2.05) is 26.8 Å². The predicted octanol–water partition coefficient (Wildman–Crippen LogP) is 3.71. The van der Waals surface area contributed by atoms with Crippen LogP contribution in [0.25, 0.3) is 0 Å². The SMILES string of the molecule is C=CC(C)CCCC(C)(C)OC(=O)CC. The van der Waals surface area contributed by atoms with E-state index >= 15 is 0 Å². The zero-order valence-corrected chi connectivity index (χ0v) is 10.5. The van der Waals surface area contributed by atoms with E-state index in [0.717, 1.165) is 19.3 Å². The Labute approximate surface area is 93.7 Å². The van der Waals surface area contributed by atoms with Crippen LogP contribution in [0.15, 0.2) is 12.7 Å². The maximum absolute atomic E-state index is 11.1. The molecule has 0 rings (SSSR count). The Morgan fingerprint density at radius 3 is 2.60 bits per heavy atom. The first kappa shape index (κ1) is 14.2. The van der Waals surface area contributed by atoms with Crippen LogP contribution >= 0.6 is 0 Å². The molecular formula is C13H24O2. The lowest BCUT2D eigenvalue weighted by Crippen LogP contribution is -2.27. The minimum absolute atomic E-state index is 0.114. The first-order chi connectivity index (χ1) is 6.91. The van der Waals surface area contributed by atoms with Gasteiger partial charge in [0.25, 0.3) is 0 Å². The number of ether oxygens (including phenoxy) is 1. The Kier molecular flexibility index (Phi) is 6.30. The van der Waals surface area contributed by atoms with Crippen LogP contribution < -0.4 is 0 Å². The standard InChI is InChI=1S/C13H24O2/c1-6-11(3)9-8-10-13(4,5)15-12(14)7-2/h6,11H,1,7-10H2,2-5H3. The van der Waals surface area contributed by atoms with E-state index < -0.39 is 0 Å². The fourth-order valence-electron chi connectivity index (χ4n) is 1.40. The van der Waals surface area contributed by atoms with Crippen LogP contribution in [0.3, 0.4) is 0 Å². The van der Waals surface area contributed by atoms with E-state index in [0.29, 0.717) is 12.3 Å². The molecule has 0 aliphatic heterocycles. The Balaban J connectivity index is 3.83. The van der Waals surface area contributed by atoms with Gasteiger partial charge in [0.05, 0.1) is 0 Å². The minimum Gasteiger partial charge on any atom is -0.460 e. The number of hydrogen-bond donors (Lipinski definition) is 0. The first-order valence-corrected chi connectivity index (χ1v) is 5.75. The molecule has 0 saturated heterocycles. The van der Waals surface area contributed by atoms with Gasteiger partial charge in [-0.1, -0.05) is 19.9 Å². The van der Waals surface area contributed by atoms with Crippen molar-refractivity contribution in [1.82, 2.24) is 0 Å². The lowest BCUT2D eigenvalue weighted by atomic mass is 9.96. The lowest BCUT2D eigenvalue weighted by molar-refractivity contribution is -0.156. The van der Waals surface area contributed by atoms with Gasteiger partial charge in [-0.2, -0.15) is 0 Å². The van der Waals surface area contributed by atoms with Crippen molar-refractivity contribution in [1.29, 1.82) is 0 Å². The van der Waals surface area contributed by atoms with Crippen LogP contribution in [0.4, 0.5) is 0 Å². The summed E-state index contributed by atoms with van der Waals surface area (Å²) in [6.07, 6.45) is 5.50. The third-order valence-electron chi connectivity index (χ3n) is 2.52. The molecule has 0 radical (unpaired) electrons. The van der Waals surface area contributed by atoms with Crippen molar-refractivity contribution >= 4 is 5.97 Å². The fraction of sp³-hybridized carbons (Fsp3) is 0.769. The first-order valence-electron chi connectivity index (χ1n) is 5.75. The molecule has 88 valence electrons. The van der Waals surface area contributed by atoms with E-state index in [2.05, 4.69) is 13.5 Å². The maximum Gasteiger partial charge on any atom is 0.306 e. The Morgan fingerprint density at radius 2 is 2.13 bits per heavy atom. The molecule has 0 fully saturated rings. The van der Waals surface area contributed by atoms with Gasteiger partial charge in [0.2, 0.25) is 0 Å². The number of hydrogen-bond acceptors (Lipinski definition) is 2. The number of allylic oxidation sites excluding steroid dienone is 1. The second kappa shape index (κ2) is 6.65. The van der Waals surface area contributed by atoms with Crippen molar-refractivity contribution in [3.63, 3.8) is 0 Å². The quantitative estimate of drug-likeness (QED) is 0.475. The molecule has 0 spiro atoms. The number of esters is 1. The highest BCUT2D eigenvalue weighted by Crippen LogP contribution is 2.20. The molecule has 0 bridgehead atoms. The van der Waals surface area contributed by atoms with E-state index in [4.69, 9.17) is 4.74 Å². The van der Waals surface area contributed by atoms with Crippen molar-refractivity contribution in [2.75, 3.05) is 0 Å². The predicted molar refractivity (Wildman–Crippen MR) is 63.7 cm³/mol. The molecule has 0 N–H and O–H groups in total. The van der Waals surface area contributed by atoms with Crippen LogP contribution in [0.5, 0.6) is 0 Å². The van der Waals surface area contributed by atoms with Gasteiger partial charge < -0.3 is 4.74 Å². The van der Waals surface area contributed by atoms with Crippen LogP contribution in [0.1, 0.15) is 53.4 Å². The topological polar surface area (TPSA) is 26.3 Å². The normalized spacial score (nSPS) is 13.3. The molecule has 2 nitrogen and oxygen atoms in total. The Hall–Kier alpha value is -0.790. The summed E-state index contributed by atoms with van der Waals surface area (Å²) in [5.74, 6) is 0.430. The summed E-state index contributed by atoms with van der Waals surface area (Å²) in [5.41, 5.74) is -0.325. The largest absolute Gasteiger partial charge is 0.460 e. The van der Waals surface area contributed by atoms with Gasteiger partial charge in [-0.05, 0) is 39.0 Å². The van der Waals surface area contributed by atoms with Crippen molar-refractivity contribution in [3.05, 3.63) is 12.7 Å². The summed E-state index contributed by atoms with van der Waals surface area (Å²) in [5, 5.41) is 0. The zero-order valence-electron chi connectivity index (χ0n) is 10.5. The molecule has 0 aromatic carbocycles. The van der Waals surface area contributed by atoms with Crippen molar-refractivity contribution in [2.45, 2.75) is 59.0 Å². The monoisotopic (exact) mass is 212 g/mol. The van der Waals surface area contributed by atoms with Gasteiger partial charge in [0.15, 0.2) is 0 Å². The summed E-state index contributed by atoms with van der Waals surface area (Å²) >= 11 is 0. The van der Waals surface area contributed by atoms with Crippen molar-refractivity contribution in [2.24, 2.45) is 5.92 Å². The van der Waals surface area contributed by atoms with Gasteiger partial charge in [0, 0.05) is 6.42 Å². The number of carbonyl (C=O) groups is 1. The Morgan fingerprint density at radius 1 is 1.53 bits per heavy atom. The molecule has 0 amide bonds. The van der Waals surface area contributed by atoms with Gasteiger partial charge in [-0.25, -0.2) is 0 Å². The smallest absolute Gasteiger partial charge is 0.306 e. The van der Waals surface area contributed by atoms with Crippen LogP contribution in [-0.4, -0.2) is 11.6 Å². The van der Waals surface area contributed by atoms with E-state index in [-0.39, 0.29) is 11.6 Å². The van der Waals surface area contributed by atoms with Gasteiger partial charge in [-0.3, -0.25) is 4.79 Å². The molecule has 2 heteroatoms. The van der Waals surface area contributed by atoms with Crippen molar-refractivity contribution < 1.29 is 9.53 Å². The molecule has 0 heterocycles.